The largest absolute Gasteiger partial charge is 0.478 e. The van der Waals surface area contributed by atoms with E-state index in [0.29, 0.717) is 0 Å². The predicted octanol–water partition coefficient (Wildman–Crippen LogP) is 3.05. The van der Waals surface area contributed by atoms with Crippen LogP contribution >= 0.6 is 0 Å². The van der Waals surface area contributed by atoms with Crippen LogP contribution < -0.4 is 0 Å². The Kier molecular flexibility index (Phi) is 3.17. The van der Waals surface area contributed by atoms with E-state index in [1.54, 1.807) is 30.6 Å². The highest BCUT2D eigenvalue weighted by Crippen LogP contribution is 2.26. The van der Waals surface area contributed by atoms with Crippen molar-refractivity contribution < 1.29 is 9.90 Å². The number of rotatable bonds is 3. The van der Waals surface area contributed by atoms with Gasteiger partial charge in [-0.1, -0.05) is 0 Å². The van der Waals surface area contributed by atoms with Crippen molar-refractivity contribution in [3.05, 3.63) is 59.7 Å². The van der Waals surface area contributed by atoms with Gasteiger partial charge in [-0.25, -0.2) is 9.78 Å². The smallest absolute Gasteiger partial charge is 0.335 e. The molecule has 0 saturated carbocycles. The van der Waals surface area contributed by atoms with Crippen LogP contribution in [0.5, 0.6) is 0 Å². The molecule has 106 valence electrons. The fraction of sp³-hybridized carbons (Fsp3) is 0.188. The van der Waals surface area contributed by atoms with Gasteiger partial charge < -0.3 is 9.67 Å². The molecule has 21 heavy (non-hydrogen) atoms. The molecule has 1 atom stereocenters. The molecule has 0 amide bonds. The van der Waals surface area contributed by atoms with Crippen molar-refractivity contribution in [2.24, 2.45) is 0 Å². The van der Waals surface area contributed by atoms with Gasteiger partial charge in [-0.05, 0) is 49.7 Å². The molecule has 0 aliphatic rings. The zero-order valence-electron chi connectivity index (χ0n) is 11.8. The number of imidazole rings is 1. The lowest BCUT2D eigenvalue weighted by molar-refractivity contribution is 0.0697. The first-order valence-corrected chi connectivity index (χ1v) is 6.69. The summed E-state index contributed by atoms with van der Waals surface area (Å²) < 4.78 is 2.05. The third kappa shape index (κ3) is 2.27. The van der Waals surface area contributed by atoms with Crippen LogP contribution in [-0.4, -0.2) is 25.6 Å². The second kappa shape index (κ2) is 5.01. The van der Waals surface area contributed by atoms with Crippen molar-refractivity contribution in [2.75, 3.05) is 0 Å². The normalized spacial score (nSPS) is 12.5. The van der Waals surface area contributed by atoms with E-state index in [4.69, 9.17) is 5.11 Å². The average Bonchev–Trinajstić information content (AvgIpc) is 2.82. The molecule has 0 aliphatic carbocycles. The lowest BCUT2D eigenvalue weighted by Crippen LogP contribution is -2.09. The van der Waals surface area contributed by atoms with E-state index in [2.05, 4.69) is 21.5 Å². The molecular weight excluding hydrogens is 266 g/mol. The van der Waals surface area contributed by atoms with E-state index in [1.165, 1.54) is 0 Å². The number of hydrogen-bond acceptors (Lipinski definition) is 3. The Morgan fingerprint density at radius 1 is 1.24 bits per heavy atom. The summed E-state index contributed by atoms with van der Waals surface area (Å²) in [4.78, 5) is 19.7. The number of nitrogens with zero attached hydrogens (tertiary/aromatic N) is 3. The van der Waals surface area contributed by atoms with E-state index in [1.807, 2.05) is 19.1 Å². The van der Waals surface area contributed by atoms with Crippen molar-refractivity contribution in [1.82, 2.24) is 14.5 Å². The first-order chi connectivity index (χ1) is 10.1. The second-order valence-corrected chi connectivity index (χ2v) is 4.99. The highest BCUT2D eigenvalue weighted by atomic mass is 16.4. The van der Waals surface area contributed by atoms with E-state index in [-0.39, 0.29) is 11.6 Å². The molecule has 1 aromatic carbocycles. The van der Waals surface area contributed by atoms with Gasteiger partial charge >= 0.3 is 5.97 Å². The highest BCUT2D eigenvalue weighted by molar-refractivity contribution is 5.92. The van der Waals surface area contributed by atoms with Crippen molar-refractivity contribution in [1.29, 1.82) is 0 Å². The van der Waals surface area contributed by atoms with Crippen LogP contribution in [0.1, 0.15) is 34.7 Å². The summed E-state index contributed by atoms with van der Waals surface area (Å²) in [7, 11) is 0. The minimum atomic E-state index is -0.932. The maximum Gasteiger partial charge on any atom is 0.335 e. The highest BCUT2D eigenvalue weighted by Gasteiger charge is 2.16. The quantitative estimate of drug-likeness (QED) is 0.801. The van der Waals surface area contributed by atoms with Crippen LogP contribution in [0.3, 0.4) is 0 Å². The summed E-state index contributed by atoms with van der Waals surface area (Å²) in [6.07, 6.45) is 3.51. The number of aromatic nitrogens is 3. The molecule has 5 heteroatoms. The lowest BCUT2D eigenvalue weighted by atomic mass is 10.1. The molecule has 0 aliphatic heterocycles. The van der Waals surface area contributed by atoms with Gasteiger partial charge in [0.15, 0.2) is 0 Å². The molecule has 0 spiro atoms. The summed E-state index contributed by atoms with van der Waals surface area (Å²) in [5, 5.41) is 9.16. The number of fused-ring (bicyclic) bond motifs is 1. The lowest BCUT2D eigenvalue weighted by Gasteiger charge is -2.16. The molecule has 5 nitrogen and oxygen atoms in total. The number of carboxylic acid groups (broad SMARTS) is 1. The zero-order chi connectivity index (χ0) is 15.0. The van der Waals surface area contributed by atoms with Gasteiger partial charge in [0.1, 0.15) is 5.82 Å². The van der Waals surface area contributed by atoms with Gasteiger partial charge in [-0.15, -0.1) is 0 Å². The van der Waals surface area contributed by atoms with E-state index in [0.717, 1.165) is 22.4 Å². The Labute approximate surface area is 121 Å². The van der Waals surface area contributed by atoms with Gasteiger partial charge in [0, 0.05) is 12.4 Å². The maximum atomic E-state index is 11.2. The molecule has 1 N–H and O–H groups in total. The molecule has 2 aromatic heterocycles. The summed E-state index contributed by atoms with van der Waals surface area (Å²) >= 11 is 0. The number of aromatic carboxylic acids is 1. The predicted molar refractivity (Wildman–Crippen MR) is 79.5 cm³/mol. The van der Waals surface area contributed by atoms with E-state index in [9.17, 15) is 4.79 Å². The van der Waals surface area contributed by atoms with Crippen molar-refractivity contribution in [3.8, 4) is 0 Å². The zero-order valence-corrected chi connectivity index (χ0v) is 11.8. The van der Waals surface area contributed by atoms with E-state index >= 15 is 0 Å². The fourth-order valence-corrected chi connectivity index (χ4v) is 2.63. The molecule has 0 saturated heterocycles. The number of carboxylic acids is 1. The Morgan fingerprint density at radius 2 is 1.95 bits per heavy atom. The first kappa shape index (κ1) is 13.3. The molecule has 0 bridgehead atoms. The summed E-state index contributed by atoms with van der Waals surface area (Å²) in [5.41, 5.74) is 3.01. The molecule has 2 heterocycles. The van der Waals surface area contributed by atoms with Crippen LogP contribution in [-0.2, 0) is 0 Å². The Bertz CT molecular complexity index is 809. The topological polar surface area (TPSA) is 68.0 Å². The van der Waals surface area contributed by atoms with Gasteiger partial charge in [0.25, 0.3) is 0 Å². The molecular formula is C16H15N3O2. The molecule has 3 aromatic rings. The number of benzene rings is 1. The van der Waals surface area contributed by atoms with Crippen molar-refractivity contribution in [3.63, 3.8) is 0 Å². The SMILES string of the molecule is Cc1nc2ccc(C(=O)O)cc2n1C(C)c1ccncc1. The second-order valence-electron chi connectivity index (χ2n) is 4.99. The molecule has 1 unspecified atom stereocenters. The Hall–Kier alpha value is -2.69. The number of carbonyl (C=O) groups is 1. The van der Waals surface area contributed by atoms with Gasteiger partial charge in [0.2, 0.25) is 0 Å². The maximum absolute atomic E-state index is 11.2. The van der Waals surface area contributed by atoms with Gasteiger partial charge in [-0.3, -0.25) is 4.98 Å². The molecule has 3 rings (SSSR count). The van der Waals surface area contributed by atoms with Crippen molar-refractivity contribution >= 4 is 17.0 Å². The van der Waals surface area contributed by atoms with Gasteiger partial charge in [0.05, 0.1) is 22.6 Å². The minimum Gasteiger partial charge on any atom is -0.478 e. The number of pyridine rings is 1. The number of aryl methyl sites for hydroxylation is 1. The molecule has 0 radical (unpaired) electrons. The van der Waals surface area contributed by atoms with Gasteiger partial charge in [-0.2, -0.15) is 0 Å². The Morgan fingerprint density at radius 3 is 2.62 bits per heavy atom. The Balaban J connectivity index is 2.19. The molecule has 0 fully saturated rings. The van der Waals surface area contributed by atoms with Crippen LogP contribution in [0.25, 0.3) is 11.0 Å². The fourth-order valence-electron chi connectivity index (χ4n) is 2.63. The minimum absolute atomic E-state index is 0.0574. The monoisotopic (exact) mass is 281 g/mol. The van der Waals surface area contributed by atoms with Crippen LogP contribution in [0.15, 0.2) is 42.7 Å². The van der Waals surface area contributed by atoms with Crippen molar-refractivity contribution in [2.45, 2.75) is 19.9 Å². The van der Waals surface area contributed by atoms with E-state index < -0.39 is 5.97 Å². The first-order valence-electron chi connectivity index (χ1n) is 6.69. The third-order valence-electron chi connectivity index (χ3n) is 3.69. The number of hydrogen-bond donors (Lipinski definition) is 1. The summed E-state index contributed by atoms with van der Waals surface area (Å²) in [6, 6.07) is 8.98. The van der Waals surface area contributed by atoms with Crippen LogP contribution in [0, 0.1) is 6.92 Å². The summed E-state index contributed by atoms with van der Waals surface area (Å²) in [5.74, 6) is -0.0734. The standard InChI is InChI=1S/C16H15N3O2/c1-10(12-5-7-17-8-6-12)19-11(2)18-14-4-3-13(16(20)21)9-15(14)19/h3-10H,1-2H3,(H,20,21). The van der Waals surface area contributed by atoms with Crippen LogP contribution in [0.2, 0.25) is 0 Å². The van der Waals surface area contributed by atoms with Crippen LogP contribution in [0.4, 0.5) is 0 Å². The summed E-state index contributed by atoms with van der Waals surface area (Å²) in [6.45, 7) is 4.00. The third-order valence-corrected chi connectivity index (χ3v) is 3.69. The average molecular weight is 281 g/mol.